The van der Waals surface area contributed by atoms with E-state index in [0.717, 1.165) is 62.8 Å². The molecule has 2 aromatic heterocycles. The predicted molar refractivity (Wildman–Crippen MR) is 346 cm³/mol. The molecule has 0 fully saturated rings. The SMILES string of the molecule is CC(C)(C)Cc1cc2c3c(nccc3c1)-c1[c-]c3ccccc3c(CC(C)(C)C)c1S2.CCC(C)(CC)C(=O)/C=C(\O)C(C)(CC)CC.Cc1ccc2c(CC(C)(C)C)c3c([c-]c2c1)-c1nccc2cc(CC(C)(C)C)cc(c12)S3.[Ir]. The smallest absolute Gasteiger partial charge is 0.164 e. The average Bonchev–Trinajstić information content (AvgIpc) is 3.52. The summed E-state index contributed by atoms with van der Waals surface area (Å²) in [6.07, 6.45) is 12.9. The first kappa shape index (κ1) is 63.8. The fraction of sp³-hybridized carbons (Fsp3) is 0.446. The van der Waals surface area contributed by atoms with Gasteiger partial charge in [0.1, 0.15) is 5.76 Å². The van der Waals surface area contributed by atoms with Crippen molar-refractivity contribution in [2.75, 3.05) is 0 Å². The summed E-state index contributed by atoms with van der Waals surface area (Å²) in [4.78, 5) is 27.3. The van der Waals surface area contributed by atoms with E-state index in [-0.39, 0.29) is 64.1 Å². The van der Waals surface area contributed by atoms with Crippen LogP contribution < -0.4 is 0 Å². The van der Waals surface area contributed by atoms with Gasteiger partial charge in [-0.1, -0.05) is 206 Å². The zero-order valence-electron chi connectivity index (χ0n) is 52.3. The number of aryl methyl sites for hydroxylation is 1. The molecule has 431 valence electrons. The molecule has 0 aliphatic carbocycles. The van der Waals surface area contributed by atoms with Crippen molar-refractivity contribution in [3.63, 3.8) is 0 Å². The number of carbonyl (C=O) groups excluding carboxylic acids is 1. The third-order valence-electron chi connectivity index (χ3n) is 16.4. The van der Waals surface area contributed by atoms with E-state index in [0.29, 0.717) is 0 Å². The zero-order valence-corrected chi connectivity index (χ0v) is 56.3. The van der Waals surface area contributed by atoms with E-state index < -0.39 is 0 Å². The molecule has 0 atom stereocenters. The van der Waals surface area contributed by atoms with Gasteiger partial charge in [-0.05, 0) is 147 Å². The number of benzene rings is 6. The van der Waals surface area contributed by atoms with Gasteiger partial charge in [-0.2, -0.15) is 0 Å². The van der Waals surface area contributed by atoms with Crippen molar-refractivity contribution in [2.24, 2.45) is 32.5 Å². The van der Waals surface area contributed by atoms with Gasteiger partial charge in [-0.15, -0.1) is 58.6 Å². The predicted octanol–water partition coefficient (Wildman–Crippen LogP) is 21.9. The quantitative estimate of drug-likeness (QED) is 0.0791. The van der Waals surface area contributed by atoms with Crippen molar-refractivity contribution < 1.29 is 30.0 Å². The molecular formula is C74H90IrN2O2S2-2. The molecule has 81 heavy (non-hydrogen) atoms. The Morgan fingerprint density at radius 1 is 0.531 bits per heavy atom. The molecule has 1 N–H and O–H groups in total. The first-order valence-electron chi connectivity index (χ1n) is 29.5. The van der Waals surface area contributed by atoms with Gasteiger partial charge in [0.25, 0.3) is 0 Å². The number of hydrogen-bond donors (Lipinski definition) is 1. The average molecular weight is 1300 g/mol. The number of pyridine rings is 2. The molecule has 7 heteroatoms. The van der Waals surface area contributed by atoms with Crippen molar-refractivity contribution in [3.05, 3.63) is 143 Å². The maximum Gasteiger partial charge on any atom is 0.164 e. The van der Waals surface area contributed by atoms with Gasteiger partial charge in [0, 0.05) is 70.6 Å². The van der Waals surface area contributed by atoms with Gasteiger partial charge in [0.2, 0.25) is 0 Å². The Labute approximate surface area is 509 Å². The number of ketones is 1. The van der Waals surface area contributed by atoms with Gasteiger partial charge < -0.3 is 5.11 Å². The van der Waals surface area contributed by atoms with Crippen LogP contribution in [-0.2, 0) is 50.6 Å². The van der Waals surface area contributed by atoms with E-state index in [9.17, 15) is 9.90 Å². The number of fused-ring (bicyclic) bond motifs is 6. The van der Waals surface area contributed by atoms with Crippen LogP contribution in [-0.4, -0.2) is 20.9 Å². The number of aliphatic hydroxyl groups excluding tert-OH is 1. The number of aliphatic hydroxyl groups is 1. The van der Waals surface area contributed by atoms with E-state index in [2.05, 4.69) is 181 Å². The number of aromatic nitrogens is 2. The minimum Gasteiger partial charge on any atom is -0.512 e. The molecule has 1 radical (unpaired) electrons. The molecule has 6 aromatic carbocycles. The number of nitrogens with zero attached hydrogens (tertiary/aromatic N) is 2. The third-order valence-corrected chi connectivity index (χ3v) is 18.8. The third kappa shape index (κ3) is 14.4. The van der Waals surface area contributed by atoms with Crippen molar-refractivity contribution in [3.8, 4) is 22.5 Å². The van der Waals surface area contributed by atoms with Crippen molar-refractivity contribution in [2.45, 2.75) is 202 Å². The summed E-state index contributed by atoms with van der Waals surface area (Å²) < 4.78 is 0. The van der Waals surface area contributed by atoms with Gasteiger partial charge >= 0.3 is 0 Å². The van der Waals surface area contributed by atoms with Crippen LogP contribution in [0.15, 0.2) is 123 Å². The molecule has 0 amide bonds. The van der Waals surface area contributed by atoms with Crippen LogP contribution in [0.2, 0.25) is 0 Å². The second-order valence-electron chi connectivity index (χ2n) is 28.5. The second kappa shape index (κ2) is 24.4. The minimum atomic E-state index is -0.337. The molecular weight excluding hydrogens is 1210 g/mol. The summed E-state index contributed by atoms with van der Waals surface area (Å²) in [5.41, 5.74) is 11.8. The van der Waals surface area contributed by atoms with Gasteiger partial charge in [0.05, 0.1) is 0 Å². The molecule has 2 aliphatic heterocycles. The summed E-state index contributed by atoms with van der Waals surface area (Å²) in [6.45, 7) is 42.1. The normalized spacial score (nSPS) is 13.5. The first-order chi connectivity index (χ1) is 37.4. The molecule has 0 bridgehead atoms. The minimum absolute atomic E-state index is 0. The Morgan fingerprint density at radius 2 is 0.951 bits per heavy atom. The molecule has 0 unspecified atom stereocenters. The summed E-state index contributed by atoms with van der Waals surface area (Å²) in [7, 11) is 0. The Morgan fingerprint density at radius 3 is 1.38 bits per heavy atom. The van der Waals surface area contributed by atoms with Crippen LogP contribution in [0.3, 0.4) is 0 Å². The van der Waals surface area contributed by atoms with Crippen LogP contribution in [0.1, 0.15) is 178 Å². The standard InChI is InChI=1S/C30H32NS.C29H30NS.C15H28O2.Ir/c1-18-8-9-22-21(12-18)15-23-27-26-20(10-11-31-27)13-19(16-29(2,3)4)14-25(26)32-28(23)24(22)17-30(5,6)7;1-28(2,3)16-18-13-20-11-12-30-26-22-15-19-9-7-8-10-21(19)23(17-29(4,5)6)27(22)31-24(14-18)25(20)26;1-7-14(5,8-2)12(16)11-13(17)15(6,9-3)10-4;/h8-14H,16-17H2,1-7H3;7-14H,16-17H2,1-6H3;11,16H,7-10H2,1-6H3;/q2*-1;;/b;;12-11-;. The van der Waals surface area contributed by atoms with E-state index in [4.69, 9.17) is 9.97 Å². The first-order valence-corrected chi connectivity index (χ1v) is 31.1. The van der Waals surface area contributed by atoms with Crippen LogP contribution in [0.25, 0.3) is 65.6 Å². The topological polar surface area (TPSA) is 63.1 Å². The van der Waals surface area contributed by atoms with Gasteiger partial charge in [-0.3, -0.25) is 14.8 Å². The maximum atomic E-state index is 12.2. The second-order valence-corrected chi connectivity index (χ2v) is 30.6. The summed E-state index contributed by atoms with van der Waals surface area (Å²) >= 11 is 3.86. The van der Waals surface area contributed by atoms with Gasteiger partial charge in [-0.25, -0.2) is 0 Å². The van der Waals surface area contributed by atoms with Crippen LogP contribution in [0.5, 0.6) is 0 Å². The van der Waals surface area contributed by atoms with Crippen LogP contribution in [0.4, 0.5) is 0 Å². The molecule has 0 saturated heterocycles. The Hall–Kier alpha value is -4.78. The number of rotatable bonds is 11. The Balaban J connectivity index is 0.000000183. The molecule has 4 heterocycles. The van der Waals surface area contributed by atoms with Crippen molar-refractivity contribution >= 4 is 72.4 Å². The maximum absolute atomic E-state index is 12.2. The molecule has 10 rings (SSSR count). The fourth-order valence-corrected chi connectivity index (χ4v) is 13.9. The Kier molecular flexibility index (Phi) is 19.2. The van der Waals surface area contributed by atoms with Gasteiger partial charge in [0.15, 0.2) is 5.78 Å². The molecule has 4 nitrogen and oxygen atoms in total. The van der Waals surface area contributed by atoms with Crippen LogP contribution in [0, 0.1) is 51.5 Å². The van der Waals surface area contributed by atoms with E-state index in [1.807, 2.05) is 77.5 Å². The van der Waals surface area contributed by atoms with E-state index in [1.54, 1.807) is 0 Å². The summed E-state index contributed by atoms with van der Waals surface area (Å²) in [6, 6.07) is 36.9. The summed E-state index contributed by atoms with van der Waals surface area (Å²) in [5.74, 6) is 0.286. The largest absolute Gasteiger partial charge is 0.512 e. The summed E-state index contributed by atoms with van der Waals surface area (Å²) in [5, 5.41) is 20.3. The van der Waals surface area contributed by atoms with E-state index in [1.165, 1.54) is 108 Å². The fourth-order valence-electron chi connectivity index (χ4n) is 11.3. The molecule has 8 aromatic rings. The molecule has 0 spiro atoms. The van der Waals surface area contributed by atoms with Crippen LogP contribution >= 0.6 is 23.5 Å². The van der Waals surface area contributed by atoms with Crippen molar-refractivity contribution in [1.29, 1.82) is 0 Å². The number of allylic oxidation sites excluding steroid dienone is 2. The van der Waals surface area contributed by atoms with E-state index >= 15 is 0 Å². The monoisotopic (exact) mass is 1300 g/mol. The molecule has 0 saturated carbocycles. The number of carbonyl (C=O) groups is 1. The molecule has 2 aliphatic rings. The Bertz CT molecular complexity index is 3660. The van der Waals surface area contributed by atoms with Crippen molar-refractivity contribution in [1.82, 2.24) is 9.97 Å². The number of hydrogen-bond acceptors (Lipinski definition) is 6. The zero-order chi connectivity index (χ0) is 58.5.